The Kier molecular flexibility index (Phi) is 10.2. The standard InChI is InChI=1S/C30H36FN3O4S/c1-5-24-15-10-12-18-27(24)34(39(4,37)38)21-29(35)33(20-25-16-9-11-17-26(25)31)28(30(36)32-22(2)3)19-23-13-7-6-8-14-23/h6-18,22,28H,5,19-21H2,1-4H3,(H,32,36). The van der Waals surface area contributed by atoms with E-state index in [2.05, 4.69) is 5.32 Å². The molecule has 0 fully saturated rings. The van der Waals surface area contributed by atoms with Gasteiger partial charge in [-0.1, -0.05) is 73.7 Å². The molecule has 1 atom stereocenters. The molecule has 2 amide bonds. The number of para-hydroxylation sites is 1. The molecule has 1 unspecified atom stereocenters. The van der Waals surface area contributed by atoms with E-state index >= 15 is 0 Å². The molecule has 0 bridgehead atoms. The lowest BCUT2D eigenvalue weighted by Crippen LogP contribution is -2.54. The molecule has 3 aromatic carbocycles. The number of carbonyl (C=O) groups is 2. The van der Waals surface area contributed by atoms with Crippen molar-refractivity contribution in [2.75, 3.05) is 17.1 Å². The van der Waals surface area contributed by atoms with E-state index in [1.54, 1.807) is 36.4 Å². The molecule has 0 saturated carbocycles. The van der Waals surface area contributed by atoms with Crippen molar-refractivity contribution in [1.82, 2.24) is 10.2 Å². The van der Waals surface area contributed by atoms with Crippen LogP contribution in [0.4, 0.5) is 10.1 Å². The Morgan fingerprint density at radius 3 is 2.08 bits per heavy atom. The molecule has 0 aliphatic heterocycles. The first kappa shape index (κ1) is 29.8. The van der Waals surface area contributed by atoms with Crippen molar-refractivity contribution in [1.29, 1.82) is 0 Å². The maximum atomic E-state index is 14.8. The van der Waals surface area contributed by atoms with Gasteiger partial charge in [0, 0.05) is 24.6 Å². The van der Waals surface area contributed by atoms with Crippen LogP contribution in [0.3, 0.4) is 0 Å². The molecule has 1 N–H and O–H groups in total. The molecule has 208 valence electrons. The van der Waals surface area contributed by atoms with E-state index in [0.717, 1.165) is 21.7 Å². The van der Waals surface area contributed by atoms with Gasteiger partial charge < -0.3 is 10.2 Å². The van der Waals surface area contributed by atoms with Crippen LogP contribution >= 0.6 is 0 Å². The van der Waals surface area contributed by atoms with E-state index in [4.69, 9.17) is 0 Å². The monoisotopic (exact) mass is 553 g/mol. The Bertz CT molecular complexity index is 1380. The molecule has 9 heteroatoms. The SMILES string of the molecule is CCc1ccccc1N(CC(=O)N(Cc1ccccc1F)C(Cc1ccccc1)C(=O)NC(C)C)S(C)(=O)=O. The van der Waals surface area contributed by atoms with Gasteiger partial charge in [0.25, 0.3) is 0 Å². The molecule has 3 rings (SSSR count). The van der Waals surface area contributed by atoms with Crippen LogP contribution in [0.1, 0.15) is 37.5 Å². The third-order valence-electron chi connectivity index (χ3n) is 6.32. The van der Waals surface area contributed by atoms with Gasteiger partial charge in [0.05, 0.1) is 11.9 Å². The number of hydrogen-bond acceptors (Lipinski definition) is 4. The van der Waals surface area contributed by atoms with Crippen LogP contribution in [0, 0.1) is 5.82 Å². The van der Waals surface area contributed by atoms with Crippen LogP contribution in [-0.4, -0.2) is 50.0 Å². The fourth-order valence-electron chi connectivity index (χ4n) is 4.39. The highest BCUT2D eigenvalue weighted by Crippen LogP contribution is 2.25. The number of rotatable bonds is 12. The first-order valence-electron chi connectivity index (χ1n) is 12.9. The van der Waals surface area contributed by atoms with E-state index in [0.29, 0.717) is 12.1 Å². The number of sulfonamides is 1. The first-order valence-corrected chi connectivity index (χ1v) is 14.8. The summed E-state index contributed by atoms with van der Waals surface area (Å²) >= 11 is 0. The van der Waals surface area contributed by atoms with Gasteiger partial charge in [-0.2, -0.15) is 0 Å². The molecule has 0 heterocycles. The molecule has 0 aromatic heterocycles. The molecular weight excluding hydrogens is 517 g/mol. The average Bonchev–Trinajstić information content (AvgIpc) is 2.89. The van der Waals surface area contributed by atoms with E-state index in [1.165, 1.54) is 11.0 Å². The summed E-state index contributed by atoms with van der Waals surface area (Å²) in [6.07, 6.45) is 1.77. The second-order valence-corrected chi connectivity index (χ2v) is 11.6. The Hall–Kier alpha value is -3.72. The summed E-state index contributed by atoms with van der Waals surface area (Å²) in [6, 6.07) is 21.0. The number of aryl methyl sites for hydroxylation is 1. The summed E-state index contributed by atoms with van der Waals surface area (Å²) in [4.78, 5) is 28.8. The Labute approximate surface area is 230 Å². The Morgan fingerprint density at radius 2 is 1.49 bits per heavy atom. The number of hydrogen-bond donors (Lipinski definition) is 1. The zero-order valence-electron chi connectivity index (χ0n) is 22.8. The normalized spacial score (nSPS) is 12.2. The minimum Gasteiger partial charge on any atom is -0.352 e. The number of anilines is 1. The quantitative estimate of drug-likeness (QED) is 0.362. The lowest BCUT2D eigenvalue weighted by atomic mass is 10.0. The smallest absolute Gasteiger partial charge is 0.244 e. The predicted octanol–water partition coefficient (Wildman–Crippen LogP) is 4.32. The van der Waals surface area contributed by atoms with Gasteiger partial charge in [-0.15, -0.1) is 0 Å². The lowest BCUT2D eigenvalue weighted by Gasteiger charge is -2.34. The minimum absolute atomic E-state index is 0.171. The van der Waals surface area contributed by atoms with E-state index in [1.807, 2.05) is 57.2 Å². The fourth-order valence-corrected chi connectivity index (χ4v) is 5.27. The Balaban J connectivity index is 2.09. The highest BCUT2D eigenvalue weighted by Gasteiger charge is 2.34. The maximum Gasteiger partial charge on any atom is 0.244 e. The molecular formula is C30H36FN3O4S. The van der Waals surface area contributed by atoms with Gasteiger partial charge >= 0.3 is 0 Å². The largest absolute Gasteiger partial charge is 0.352 e. The van der Waals surface area contributed by atoms with Gasteiger partial charge in [-0.3, -0.25) is 13.9 Å². The predicted molar refractivity (Wildman–Crippen MR) is 152 cm³/mol. The number of benzene rings is 3. The van der Waals surface area contributed by atoms with Crippen LogP contribution < -0.4 is 9.62 Å². The molecule has 0 aliphatic carbocycles. The second-order valence-electron chi connectivity index (χ2n) is 9.73. The van der Waals surface area contributed by atoms with Crippen molar-refractivity contribution in [3.05, 3.63) is 101 Å². The fraction of sp³-hybridized carbons (Fsp3) is 0.333. The van der Waals surface area contributed by atoms with Crippen molar-refractivity contribution in [2.45, 2.75) is 52.2 Å². The number of halogens is 1. The van der Waals surface area contributed by atoms with Gasteiger partial charge in [0.15, 0.2) is 0 Å². The molecule has 7 nitrogen and oxygen atoms in total. The zero-order chi connectivity index (χ0) is 28.6. The van der Waals surface area contributed by atoms with Crippen molar-refractivity contribution in [2.24, 2.45) is 0 Å². The summed E-state index contributed by atoms with van der Waals surface area (Å²) in [7, 11) is -3.87. The van der Waals surface area contributed by atoms with Gasteiger partial charge in [-0.05, 0) is 43.5 Å². The van der Waals surface area contributed by atoms with Crippen LogP contribution in [0.2, 0.25) is 0 Å². The molecule has 0 aliphatic rings. The van der Waals surface area contributed by atoms with Crippen molar-refractivity contribution < 1.29 is 22.4 Å². The summed E-state index contributed by atoms with van der Waals surface area (Å²) in [6.45, 7) is 4.78. The van der Waals surface area contributed by atoms with Crippen LogP contribution in [0.25, 0.3) is 0 Å². The van der Waals surface area contributed by atoms with Crippen molar-refractivity contribution in [3.63, 3.8) is 0 Å². The number of carbonyl (C=O) groups excluding carboxylic acids is 2. The Morgan fingerprint density at radius 1 is 0.897 bits per heavy atom. The molecule has 3 aromatic rings. The second kappa shape index (κ2) is 13.4. The van der Waals surface area contributed by atoms with Crippen LogP contribution in [0.5, 0.6) is 0 Å². The topological polar surface area (TPSA) is 86.8 Å². The minimum atomic E-state index is -3.87. The molecule has 39 heavy (non-hydrogen) atoms. The van der Waals surface area contributed by atoms with Gasteiger partial charge in [0.1, 0.15) is 18.4 Å². The summed E-state index contributed by atoms with van der Waals surface area (Å²) in [5, 5.41) is 2.87. The molecule has 0 saturated heterocycles. The summed E-state index contributed by atoms with van der Waals surface area (Å²) in [5.41, 5.74) is 2.19. The van der Waals surface area contributed by atoms with E-state index in [9.17, 15) is 22.4 Å². The van der Waals surface area contributed by atoms with E-state index in [-0.39, 0.29) is 24.6 Å². The zero-order valence-corrected chi connectivity index (χ0v) is 23.6. The van der Waals surface area contributed by atoms with E-state index < -0.39 is 40.2 Å². The molecule has 0 spiro atoms. The lowest BCUT2D eigenvalue weighted by molar-refractivity contribution is -0.140. The van der Waals surface area contributed by atoms with Gasteiger partial charge in [-0.25, -0.2) is 12.8 Å². The number of amides is 2. The van der Waals surface area contributed by atoms with Crippen molar-refractivity contribution >= 4 is 27.5 Å². The number of nitrogens with one attached hydrogen (secondary N) is 1. The van der Waals surface area contributed by atoms with Crippen LogP contribution in [-0.2, 0) is 39.0 Å². The third-order valence-corrected chi connectivity index (χ3v) is 7.45. The number of nitrogens with zero attached hydrogens (tertiary/aromatic N) is 2. The summed E-state index contributed by atoms with van der Waals surface area (Å²) in [5.74, 6) is -1.54. The summed E-state index contributed by atoms with van der Waals surface area (Å²) < 4.78 is 41.7. The maximum absolute atomic E-state index is 14.8. The third kappa shape index (κ3) is 8.13. The average molecular weight is 554 g/mol. The van der Waals surface area contributed by atoms with Gasteiger partial charge in [0.2, 0.25) is 21.8 Å². The highest BCUT2D eigenvalue weighted by atomic mass is 32.2. The van der Waals surface area contributed by atoms with Crippen LogP contribution in [0.15, 0.2) is 78.9 Å². The molecule has 0 radical (unpaired) electrons. The van der Waals surface area contributed by atoms with Crippen molar-refractivity contribution in [3.8, 4) is 0 Å². The first-order chi connectivity index (χ1) is 18.5. The highest BCUT2D eigenvalue weighted by molar-refractivity contribution is 7.92.